The summed E-state index contributed by atoms with van der Waals surface area (Å²) in [5.74, 6) is -0.354. The zero-order valence-corrected chi connectivity index (χ0v) is 16.1. The highest BCUT2D eigenvalue weighted by atomic mass is 19.4. The van der Waals surface area contributed by atoms with Crippen LogP contribution in [-0.2, 0) is 17.5 Å². The number of hydrogen-bond donors (Lipinski definition) is 1. The van der Waals surface area contributed by atoms with E-state index in [-0.39, 0.29) is 29.0 Å². The van der Waals surface area contributed by atoms with Gasteiger partial charge in [0.15, 0.2) is 0 Å². The molecule has 2 N–H and O–H groups in total. The van der Waals surface area contributed by atoms with Gasteiger partial charge in [-0.05, 0) is 24.0 Å². The molecule has 2 unspecified atom stereocenters. The summed E-state index contributed by atoms with van der Waals surface area (Å²) in [5, 5.41) is 4.00. The van der Waals surface area contributed by atoms with E-state index in [1.807, 2.05) is 0 Å². The quantitative estimate of drug-likeness (QED) is 0.730. The summed E-state index contributed by atoms with van der Waals surface area (Å²) in [4.78, 5) is 5.86. The van der Waals surface area contributed by atoms with Crippen LogP contribution in [0.2, 0.25) is 0 Å². The van der Waals surface area contributed by atoms with Gasteiger partial charge in [0.1, 0.15) is 12.4 Å². The molecule has 6 nitrogen and oxygen atoms in total. The molecule has 12 heteroatoms. The number of nitrogens with zero attached hydrogens (tertiary/aromatic N) is 4. The molecule has 3 aliphatic rings. The first-order valence-electron chi connectivity index (χ1n) is 9.80. The van der Waals surface area contributed by atoms with Gasteiger partial charge in [-0.2, -0.15) is 31.4 Å². The van der Waals surface area contributed by atoms with Crippen molar-refractivity contribution < 1.29 is 31.1 Å². The molecule has 2 saturated heterocycles. The van der Waals surface area contributed by atoms with Gasteiger partial charge in [0, 0.05) is 36.5 Å². The number of nitrogen functional groups attached to an aromatic ring is 1. The van der Waals surface area contributed by atoms with Crippen molar-refractivity contribution in [2.24, 2.45) is 11.8 Å². The van der Waals surface area contributed by atoms with Crippen LogP contribution in [0, 0.1) is 11.8 Å². The Hall–Kier alpha value is -2.34. The van der Waals surface area contributed by atoms with E-state index >= 15 is 0 Å². The van der Waals surface area contributed by atoms with Crippen LogP contribution in [0.25, 0.3) is 11.3 Å². The zero-order valence-electron chi connectivity index (χ0n) is 16.1. The van der Waals surface area contributed by atoms with Crippen LogP contribution in [0.5, 0.6) is 0 Å². The molecule has 2 atom stereocenters. The van der Waals surface area contributed by atoms with Crippen molar-refractivity contribution in [2.45, 2.75) is 30.9 Å². The Balaban J connectivity index is 1.45. The smallest absolute Gasteiger partial charge is 0.383 e. The number of rotatable bonds is 4. The predicted molar refractivity (Wildman–Crippen MR) is 96.8 cm³/mol. The fraction of sp³-hybridized carbons (Fsp3) is 0.579. The number of fused-ring (bicyclic) bond motifs is 1. The number of halogens is 6. The maximum absolute atomic E-state index is 13.2. The Bertz CT molecular complexity index is 987. The van der Waals surface area contributed by atoms with Gasteiger partial charge in [-0.25, -0.2) is 4.98 Å². The van der Waals surface area contributed by atoms with Crippen LogP contribution >= 0.6 is 0 Å². The topological polar surface area (TPSA) is 69.2 Å². The van der Waals surface area contributed by atoms with Crippen molar-refractivity contribution in [1.29, 1.82) is 0 Å². The Morgan fingerprint density at radius 1 is 1.06 bits per heavy atom. The van der Waals surface area contributed by atoms with Gasteiger partial charge in [0.25, 0.3) is 0 Å². The van der Waals surface area contributed by atoms with Crippen LogP contribution < -0.4 is 5.73 Å². The second-order valence-electron chi connectivity index (χ2n) is 8.38. The van der Waals surface area contributed by atoms with E-state index in [0.29, 0.717) is 24.9 Å². The second-order valence-corrected chi connectivity index (χ2v) is 8.38. The van der Waals surface area contributed by atoms with Gasteiger partial charge in [0.05, 0.1) is 30.5 Å². The van der Waals surface area contributed by atoms with Crippen molar-refractivity contribution >= 4 is 5.82 Å². The Morgan fingerprint density at radius 3 is 2.29 bits per heavy atom. The summed E-state index contributed by atoms with van der Waals surface area (Å²) in [6.45, 7) is 1.60. The predicted octanol–water partition coefficient (Wildman–Crippen LogP) is 3.15. The van der Waals surface area contributed by atoms with Crippen molar-refractivity contribution in [3.8, 4) is 11.3 Å². The molecule has 4 heterocycles. The van der Waals surface area contributed by atoms with Gasteiger partial charge < -0.3 is 10.5 Å². The summed E-state index contributed by atoms with van der Waals surface area (Å²) in [6.07, 6.45) is -8.14. The third-order valence-electron chi connectivity index (χ3n) is 6.36. The molecule has 1 saturated carbocycles. The molecule has 0 spiro atoms. The molecule has 3 fully saturated rings. The molecule has 1 aliphatic carbocycles. The van der Waals surface area contributed by atoms with E-state index in [1.165, 1.54) is 6.07 Å². The lowest BCUT2D eigenvalue weighted by atomic mass is 10.1. The molecule has 0 bridgehead atoms. The molecular formula is C19H19F6N5O. The van der Waals surface area contributed by atoms with Gasteiger partial charge >= 0.3 is 12.4 Å². The molecule has 2 aromatic rings. The largest absolute Gasteiger partial charge is 0.419 e. The highest BCUT2D eigenvalue weighted by Gasteiger charge is 2.59. The molecule has 31 heavy (non-hydrogen) atoms. The number of aromatic nitrogens is 3. The van der Waals surface area contributed by atoms with Crippen molar-refractivity contribution in [1.82, 2.24) is 19.7 Å². The number of piperidine rings is 1. The Labute approximate surface area is 173 Å². The first-order valence-corrected chi connectivity index (χ1v) is 9.80. The lowest BCUT2D eigenvalue weighted by Crippen LogP contribution is -2.48. The third kappa shape index (κ3) is 3.75. The van der Waals surface area contributed by atoms with Crippen molar-refractivity contribution in [2.75, 3.05) is 32.0 Å². The number of pyridine rings is 1. The molecule has 2 aliphatic heterocycles. The summed E-state index contributed by atoms with van der Waals surface area (Å²) < 4.78 is 85.0. The summed E-state index contributed by atoms with van der Waals surface area (Å²) in [5.41, 5.74) is 4.58. The maximum atomic E-state index is 13.2. The number of nitrogens with two attached hydrogens (primary N) is 1. The number of anilines is 1. The van der Waals surface area contributed by atoms with Crippen LogP contribution in [0.15, 0.2) is 18.3 Å². The highest BCUT2D eigenvalue weighted by molar-refractivity contribution is 5.63. The monoisotopic (exact) mass is 447 g/mol. The number of hydrogen-bond acceptors (Lipinski definition) is 5. The standard InChI is InChI=1S/C19H19F6N5O/c20-18(21,22)8-30-15(16-11-4-29(5-12(11)16)10-6-31-7-10)2-14(28-30)9-1-13(19(23,24)25)17(26)27-3-9/h1-3,10-12,16H,4-8H2,(H2,26,27). The highest BCUT2D eigenvalue weighted by Crippen LogP contribution is 2.59. The van der Waals surface area contributed by atoms with Crippen LogP contribution in [0.1, 0.15) is 17.2 Å². The average Bonchev–Trinajstić information content (AvgIpc) is 2.94. The Kier molecular flexibility index (Phi) is 4.53. The fourth-order valence-electron chi connectivity index (χ4n) is 4.71. The summed E-state index contributed by atoms with van der Waals surface area (Å²) in [7, 11) is 0. The second kappa shape index (κ2) is 6.83. The zero-order chi connectivity index (χ0) is 22.1. The number of likely N-dealkylation sites (tertiary alicyclic amines) is 1. The lowest BCUT2D eigenvalue weighted by molar-refractivity contribution is -0.143. The number of alkyl halides is 6. The van der Waals surface area contributed by atoms with E-state index in [2.05, 4.69) is 15.0 Å². The maximum Gasteiger partial charge on any atom is 0.419 e. The lowest BCUT2D eigenvalue weighted by Gasteiger charge is -2.35. The van der Waals surface area contributed by atoms with E-state index in [1.54, 1.807) is 0 Å². The molecule has 0 amide bonds. The molecule has 5 rings (SSSR count). The van der Waals surface area contributed by atoms with E-state index < -0.39 is 30.3 Å². The molecule has 168 valence electrons. The fourth-order valence-corrected chi connectivity index (χ4v) is 4.71. The molecule has 2 aromatic heterocycles. The average molecular weight is 447 g/mol. The van der Waals surface area contributed by atoms with Gasteiger partial charge in [0.2, 0.25) is 0 Å². The van der Waals surface area contributed by atoms with Crippen LogP contribution in [0.3, 0.4) is 0 Å². The SMILES string of the molecule is Nc1ncc(-c2cc(C3C4CN(C5COC5)CC43)n(CC(F)(F)F)n2)cc1C(F)(F)F. The number of ether oxygens (including phenoxy) is 1. The minimum absolute atomic E-state index is 0.0199. The third-order valence-corrected chi connectivity index (χ3v) is 6.36. The minimum atomic E-state index is -4.73. The van der Waals surface area contributed by atoms with Crippen LogP contribution in [-0.4, -0.2) is 58.2 Å². The van der Waals surface area contributed by atoms with Crippen molar-refractivity contribution in [3.63, 3.8) is 0 Å². The minimum Gasteiger partial charge on any atom is -0.383 e. The molecule has 0 radical (unpaired) electrons. The van der Waals surface area contributed by atoms with Gasteiger partial charge in [-0.3, -0.25) is 9.58 Å². The first-order chi connectivity index (χ1) is 14.5. The normalized spacial score (nSPS) is 26.7. The van der Waals surface area contributed by atoms with E-state index in [0.717, 1.165) is 30.0 Å². The van der Waals surface area contributed by atoms with Gasteiger partial charge in [-0.15, -0.1) is 0 Å². The van der Waals surface area contributed by atoms with Crippen molar-refractivity contribution in [3.05, 3.63) is 29.6 Å². The van der Waals surface area contributed by atoms with E-state index in [4.69, 9.17) is 10.5 Å². The first kappa shape index (κ1) is 20.6. The van der Waals surface area contributed by atoms with E-state index in [9.17, 15) is 26.3 Å². The van der Waals surface area contributed by atoms with Gasteiger partial charge in [-0.1, -0.05) is 0 Å². The van der Waals surface area contributed by atoms with Crippen LogP contribution in [0.4, 0.5) is 32.2 Å². The summed E-state index contributed by atoms with van der Waals surface area (Å²) >= 11 is 0. The summed E-state index contributed by atoms with van der Waals surface area (Å²) in [6, 6.07) is 2.60. The molecular weight excluding hydrogens is 428 g/mol. The Morgan fingerprint density at radius 2 is 1.74 bits per heavy atom. The molecule has 0 aromatic carbocycles.